The summed E-state index contributed by atoms with van der Waals surface area (Å²) in [4.78, 5) is 24.1. The Morgan fingerprint density at radius 1 is 1.15 bits per heavy atom. The average Bonchev–Trinajstić information content (AvgIpc) is 2.67. The van der Waals surface area contributed by atoms with Crippen molar-refractivity contribution in [3.63, 3.8) is 0 Å². The van der Waals surface area contributed by atoms with E-state index in [0.29, 0.717) is 18.9 Å². The van der Waals surface area contributed by atoms with Crippen molar-refractivity contribution < 1.29 is 28.2 Å². The third-order valence-electron chi connectivity index (χ3n) is 3.65. The Labute approximate surface area is 157 Å². The Hall–Kier alpha value is -2.93. The number of hydrogen-bond acceptors (Lipinski definition) is 5. The molecule has 1 atom stereocenters. The second-order valence-corrected chi connectivity index (χ2v) is 5.77. The summed E-state index contributed by atoms with van der Waals surface area (Å²) in [5, 5.41) is 2.60. The Balaban J connectivity index is 1.90. The summed E-state index contributed by atoms with van der Waals surface area (Å²) >= 11 is 0. The zero-order valence-corrected chi connectivity index (χ0v) is 15.2. The average molecular weight is 375 g/mol. The first-order valence-corrected chi connectivity index (χ1v) is 8.44. The Morgan fingerprint density at radius 3 is 2.59 bits per heavy atom. The van der Waals surface area contributed by atoms with Crippen LogP contribution in [0.2, 0.25) is 0 Å². The maximum Gasteiger partial charge on any atom is 0.339 e. The lowest BCUT2D eigenvalue weighted by Crippen LogP contribution is -2.37. The molecule has 2 rings (SSSR count). The van der Waals surface area contributed by atoms with Crippen LogP contribution in [0, 0.1) is 5.82 Å². The van der Waals surface area contributed by atoms with Crippen LogP contribution in [-0.4, -0.2) is 38.2 Å². The van der Waals surface area contributed by atoms with E-state index in [4.69, 9.17) is 14.2 Å². The van der Waals surface area contributed by atoms with Gasteiger partial charge >= 0.3 is 5.97 Å². The highest BCUT2D eigenvalue weighted by atomic mass is 19.1. The monoisotopic (exact) mass is 375 g/mol. The highest BCUT2D eigenvalue weighted by Crippen LogP contribution is 2.17. The minimum absolute atomic E-state index is 0.233. The van der Waals surface area contributed by atoms with Gasteiger partial charge in [0.1, 0.15) is 18.2 Å². The smallest absolute Gasteiger partial charge is 0.339 e. The number of ether oxygens (including phenoxy) is 3. The molecule has 7 heteroatoms. The van der Waals surface area contributed by atoms with E-state index in [9.17, 15) is 14.0 Å². The fourth-order valence-electron chi connectivity index (χ4n) is 2.16. The normalized spacial score (nSPS) is 11.5. The van der Waals surface area contributed by atoms with Crippen molar-refractivity contribution in [2.45, 2.75) is 19.6 Å². The fraction of sp³-hybridized carbons (Fsp3) is 0.300. The number of rotatable bonds is 9. The van der Waals surface area contributed by atoms with Gasteiger partial charge in [0.25, 0.3) is 5.91 Å². The molecule has 2 aromatic rings. The van der Waals surface area contributed by atoms with Gasteiger partial charge in [0.2, 0.25) is 0 Å². The minimum Gasteiger partial charge on any atom is -0.489 e. The molecule has 0 saturated carbocycles. The summed E-state index contributed by atoms with van der Waals surface area (Å²) < 4.78 is 28.5. The highest BCUT2D eigenvalue weighted by molar-refractivity contribution is 5.92. The van der Waals surface area contributed by atoms with Crippen molar-refractivity contribution in [3.8, 4) is 5.75 Å². The molecule has 0 aliphatic heterocycles. The summed E-state index contributed by atoms with van der Waals surface area (Å²) in [5.41, 5.74) is 1.06. The van der Waals surface area contributed by atoms with Crippen molar-refractivity contribution in [2.24, 2.45) is 0 Å². The van der Waals surface area contributed by atoms with Crippen LogP contribution in [0.1, 0.15) is 22.8 Å². The van der Waals surface area contributed by atoms with Crippen LogP contribution < -0.4 is 10.1 Å². The molecule has 0 saturated heterocycles. The van der Waals surface area contributed by atoms with Crippen molar-refractivity contribution in [2.75, 3.05) is 20.3 Å². The molecule has 144 valence electrons. The first-order chi connectivity index (χ1) is 13.0. The van der Waals surface area contributed by atoms with Crippen LogP contribution in [0.25, 0.3) is 0 Å². The molecule has 0 aromatic heterocycles. The van der Waals surface area contributed by atoms with Gasteiger partial charge in [-0.25, -0.2) is 9.18 Å². The molecule has 0 aliphatic rings. The van der Waals surface area contributed by atoms with Crippen molar-refractivity contribution in [1.29, 1.82) is 0 Å². The highest BCUT2D eigenvalue weighted by Gasteiger charge is 2.18. The molecule has 1 amide bonds. The largest absolute Gasteiger partial charge is 0.489 e. The molecule has 0 aliphatic carbocycles. The second-order valence-electron chi connectivity index (χ2n) is 5.77. The first-order valence-electron chi connectivity index (χ1n) is 8.44. The molecular weight excluding hydrogens is 353 g/mol. The van der Waals surface area contributed by atoms with Crippen LogP contribution in [0.4, 0.5) is 4.39 Å². The van der Waals surface area contributed by atoms with Gasteiger partial charge in [0.15, 0.2) is 6.10 Å². The minimum atomic E-state index is -0.932. The molecule has 0 fully saturated rings. The number of hydrogen-bond donors (Lipinski definition) is 1. The first kappa shape index (κ1) is 20.4. The molecule has 0 bridgehead atoms. The second kappa shape index (κ2) is 10.3. The fourth-order valence-corrected chi connectivity index (χ4v) is 2.16. The van der Waals surface area contributed by atoms with E-state index < -0.39 is 18.0 Å². The standard InChI is InChI=1S/C20H22FNO5/c1-14(19(23)22-10-11-25-2)27-20(24)16-4-3-5-18(12-16)26-13-15-6-8-17(21)9-7-15/h3-9,12,14H,10-11,13H2,1-2H3,(H,22,23)/t14-/m1/s1. The molecule has 0 heterocycles. The van der Waals surface area contributed by atoms with Crippen LogP contribution in [-0.2, 0) is 20.9 Å². The molecule has 2 aromatic carbocycles. The Bertz CT molecular complexity index is 763. The van der Waals surface area contributed by atoms with E-state index in [1.807, 2.05) is 0 Å². The molecular formula is C20H22FNO5. The van der Waals surface area contributed by atoms with Gasteiger partial charge < -0.3 is 19.5 Å². The lowest BCUT2D eigenvalue weighted by atomic mass is 10.2. The van der Waals surface area contributed by atoms with Crippen LogP contribution in [0.3, 0.4) is 0 Å². The summed E-state index contributed by atoms with van der Waals surface area (Å²) in [5.74, 6) is -0.879. The predicted molar refractivity (Wildman–Crippen MR) is 96.9 cm³/mol. The van der Waals surface area contributed by atoms with E-state index in [2.05, 4.69) is 5.32 Å². The third kappa shape index (κ3) is 6.71. The van der Waals surface area contributed by atoms with Crippen molar-refractivity contribution in [1.82, 2.24) is 5.32 Å². The SMILES string of the molecule is COCCNC(=O)[C@@H](C)OC(=O)c1cccc(OCc2ccc(F)cc2)c1. The van der Waals surface area contributed by atoms with Crippen LogP contribution >= 0.6 is 0 Å². The number of nitrogens with one attached hydrogen (secondary N) is 1. The molecule has 27 heavy (non-hydrogen) atoms. The van der Waals surface area contributed by atoms with Crippen LogP contribution in [0.5, 0.6) is 5.75 Å². The van der Waals surface area contributed by atoms with E-state index >= 15 is 0 Å². The third-order valence-corrected chi connectivity index (χ3v) is 3.65. The lowest BCUT2D eigenvalue weighted by molar-refractivity contribution is -0.129. The zero-order valence-electron chi connectivity index (χ0n) is 15.2. The maximum atomic E-state index is 12.9. The van der Waals surface area contributed by atoms with Gasteiger partial charge in [-0.05, 0) is 42.8 Å². The summed E-state index contributed by atoms with van der Waals surface area (Å²) in [6.45, 7) is 2.44. The van der Waals surface area contributed by atoms with Gasteiger partial charge in [-0.3, -0.25) is 4.79 Å². The number of halogens is 1. The summed E-state index contributed by atoms with van der Waals surface area (Å²) in [6, 6.07) is 12.4. The Kier molecular flexibility index (Phi) is 7.76. The Morgan fingerprint density at radius 2 is 1.89 bits per heavy atom. The lowest BCUT2D eigenvalue weighted by Gasteiger charge is -2.14. The predicted octanol–water partition coefficient (Wildman–Crippen LogP) is 2.71. The van der Waals surface area contributed by atoms with Crippen LogP contribution in [0.15, 0.2) is 48.5 Å². The summed E-state index contributed by atoms with van der Waals surface area (Å²) in [7, 11) is 1.53. The molecule has 6 nitrogen and oxygen atoms in total. The summed E-state index contributed by atoms with van der Waals surface area (Å²) in [6.07, 6.45) is -0.932. The zero-order chi connectivity index (χ0) is 19.6. The van der Waals surface area contributed by atoms with E-state index in [-0.39, 0.29) is 18.0 Å². The van der Waals surface area contributed by atoms with E-state index in [1.165, 1.54) is 32.2 Å². The van der Waals surface area contributed by atoms with Gasteiger partial charge in [0.05, 0.1) is 12.2 Å². The van der Waals surface area contributed by atoms with Gasteiger partial charge in [-0.1, -0.05) is 18.2 Å². The van der Waals surface area contributed by atoms with Crippen molar-refractivity contribution >= 4 is 11.9 Å². The number of esters is 1. The van der Waals surface area contributed by atoms with E-state index in [0.717, 1.165) is 5.56 Å². The van der Waals surface area contributed by atoms with Gasteiger partial charge in [-0.2, -0.15) is 0 Å². The van der Waals surface area contributed by atoms with E-state index in [1.54, 1.807) is 30.3 Å². The number of carbonyl (C=O) groups is 2. The van der Waals surface area contributed by atoms with Gasteiger partial charge in [-0.15, -0.1) is 0 Å². The number of methoxy groups -OCH3 is 1. The molecule has 0 spiro atoms. The molecule has 0 unspecified atom stereocenters. The quantitative estimate of drug-likeness (QED) is 0.539. The maximum absolute atomic E-state index is 12.9. The number of amides is 1. The topological polar surface area (TPSA) is 73.9 Å². The molecule has 1 N–H and O–H groups in total. The number of benzene rings is 2. The number of carbonyl (C=O) groups excluding carboxylic acids is 2. The van der Waals surface area contributed by atoms with Gasteiger partial charge in [0, 0.05) is 13.7 Å². The van der Waals surface area contributed by atoms with Crippen molar-refractivity contribution in [3.05, 3.63) is 65.5 Å². The molecule has 0 radical (unpaired) electrons.